The minimum atomic E-state index is -0.538. The Kier molecular flexibility index (Phi) is 7.79. The second-order valence-electron chi connectivity index (χ2n) is 6.90. The Labute approximate surface area is 172 Å². The van der Waals surface area contributed by atoms with E-state index in [2.05, 4.69) is 22.1 Å². The standard InChI is InChI=1S/C23H28N4O2/c1-5-11-25-23(29)20-9-7-8-10-21(20)26-22(28)19(15-24)14-18-13-16(3)27(12-6-2)17(18)4/h7-10,13-14H,5-6,11-12H2,1-4H3,(H,25,29)(H,26,28)/b19-14+. The summed E-state index contributed by atoms with van der Waals surface area (Å²) in [4.78, 5) is 25.1. The zero-order chi connectivity index (χ0) is 21.4. The molecule has 29 heavy (non-hydrogen) atoms. The van der Waals surface area contributed by atoms with Gasteiger partial charge in [0.05, 0.1) is 11.3 Å². The summed E-state index contributed by atoms with van der Waals surface area (Å²) >= 11 is 0. The van der Waals surface area contributed by atoms with Crippen molar-refractivity contribution in [1.82, 2.24) is 9.88 Å². The zero-order valence-corrected chi connectivity index (χ0v) is 17.5. The second kappa shape index (κ2) is 10.3. The summed E-state index contributed by atoms with van der Waals surface area (Å²) in [7, 11) is 0. The van der Waals surface area contributed by atoms with Crippen molar-refractivity contribution in [2.24, 2.45) is 0 Å². The smallest absolute Gasteiger partial charge is 0.266 e. The first kappa shape index (κ1) is 22.0. The third-order valence-electron chi connectivity index (χ3n) is 4.68. The Balaban J connectivity index is 2.28. The lowest BCUT2D eigenvalue weighted by atomic mass is 10.1. The van der Waals surface area contributed by atoms with E-state index in [0.717, 1.165) is 36.3 Å². The van der Waals surface area contributed by atoms with Crippen LogP contribution in [0.5, 0.6) is 0 Å². The molecule has 0 saturated heterocycles. The summed E-state index contributed by atoms with van der Waals surface area (Å²) < 4.78 is 2.17. The molecule has 0 aliphatic carbocycles. The van der Waals surface area contributed by atoms with Crippen LogP contribution in [0.2, 0.25) is 0 Å². The van der Waals surface area contributed by atoms with Gasteiger partial charge in [0.15, 0.2) is 0 Å². The van der Waals surface area contributed by atoms with Crippen molar-refractivity contribution in [2.75, 3.05) is 11.9 Å². The van der Waals surface area contributed by atoms with Gasteiger partial charge in [-0.25, -0.2) is 0 Å². The lowest BCUT2D eigenvalue weighted by Crippen LogP contribution is -2.26. The van der Waals surface area contributed by atoms with E-state index in [1.807, 2.05) is 32.9 Å². The van der Waals surface area contributed by atoms with Gasteiger partial charge in [-0.1, -0.05) is 26.0 Å². The van der Waals surface area contributed by atoms with E-state index in [4.69, 9.17) is 0 Å². The van der Waals surface area contributed by atoms with Crippen LogP contribution in [-0.2, 0) is 11.3 Å². The number of amides is 2. The van der Waals surface area contributed by atoms with E-state index in [9.17, 15) is 14.9 Å². The Morgan fingerprint density at radius 3 is 2.55 bits per heavy atom. The number of nitriles is 1. The van der Waals surface area contributed by atoms with Gasteiger partial charge in [0.1, 0.15) is 11.6 Å². The summed E-state index contributed by atoms with van der Waals surface area (Å²) in [5, 5.41) is 15.0. The molecule has 0 bridgehead atoms. The van der Waals surface area contributed by atoms with Crippen LogP contribution in [0.4, 0.5) is 5.69 Å². The summed E-state index contributed by atoms with van der Waals surface area (Å²) in [6.07, 6.45) is 3.42. The van der Waals surface area contributed by atoms with Gasteiger partial charge in [0.25, 0.3) is 11.8 Å². The van der Waals surface area contributed by atoms with Crippen molar-refractivity contribution in [2.45, 2.75) is 47.1 Å². The molecular formula is C23H28N4O2. The molecule has 2 aromatic rings. The minimum absolute atomic E-state index is 0.00878. The number of para-hydroxylation sites is 1. The number of nitrogens with one attached hydrogen (secondary N) is 2. The van der Waals surface area contributed by atoms with Gasteiger partial charge in [-0.15, -0.1) is 0 Å². The van der Waals surface area contributed by atoms with Crippen molar-refractivity contribution in [3.05, 3.63) is 58.4 Å². The van der Waals surface area contributed by atoms with Crippen molar-refractivity contribution >= 4 is 23.6 Å². The summed E-state index contributed by atoms with van der Waals surface area (Å²) in [6, 6.07) is 10.7. The van der Waals surface area contributed by atoms with Gasteiger partial charge in [-0.05, 0) is 56.5 Å². The number of carbonyl (C=O) groups excluding carboxylic acids is 2. The normalized spacial score (nSPS) is 11.1. The molecule has 2 rings (SSSR count). The average Bonchev–Trinajstić information content (AvgIpc) is 2.98. The molecule has 0 aliphatic heterocycles. The highest BCUT2D eigenvalue weighted by Crippen LogP contribution is 2.20. The largest absolute Gasteiger partial charge is 0.352 e. The first-order valence-corrected chi connectivity index (χ1v) is 9.90. The number of aromatic nitrogens is 1. The van der Waals surface area contributed by atoms with Crippen molar-refractivity contribution in [3.8, 4) is 6.07 Å². The van der Waals surface area contributed by atoms with Crippen molar-refractivity contribution in [1.29, 1.82) is 5.26 Å². The summed E-state index contributed by atoms with van der Waals surface area (Å²) in [5.74, 6) is -0.795. The molecule has 152 valence electrons. The molecule has 0 unspecified atom stereocenters. The fourth-order valence-corrected chi connectivity index (χ4v) is 3.16. The quantitative estimate of drug-likeness (QED) is 0.521. The molecule has 0 spiro atoms. The Morgan fingerprint density at radius 2 is 1.90 bits per heavy atom. The Morgan fingerprint density at radius 1 is 1.17 bits per heavy atom. The molecule has 0 saturated carbocycles. The molecule has 1 aromatic heterocycles. The molecule has 0 fully saturated rings. The highest BCUT2D eigenvalue weighted by Gasteiger charge is 2.16. The maximum absolute atomic E-state index is 12.7. The van der Waals surface area contributed by atoms with E-state index < -0.39 is 5.91 Å². The van der Waals surface area contributed by atoms with Gasteiger partial charge in [0.2, 0.25) is 0 Å². The fourth-order valence-electron chi connectivity index (χ4n) is 3.16. The highest BCUT2D eigenvalue weighted by atomic mass is 16.2. The van der Waals surface area contributed by atoms with E-state index in [1.165, 1.54) is 0 Å². The molecule has 1 aromatic carbocycles. The van der Waals surface area contributed by atoms with Crippen LogP contribution in [0.3, 0.4) is 0 Å². The second-order valence-corrected chi connectivity index (χ2v) is 6.90. The molecule has 0 radical (unpaired) electrons. The Bertz CT molecular complexity index is 964. The topological polar surface area (TPSA) is 86.9 Å². The number of hydrogen-bond donors (Lipinski definition) is 2. The van der Waals surface area contributed by atoms with Gasteiger partial charge in [0, 0.05) is 24.5 Å². The number of benzene rings is 1. The third kappa shape index (κ3) is 5.35. The van der Waals surface area contributed by atoms with Crippen molar-refractivity contribution < 1.29 is 9.59 Å². The van der Waals surface area contributed by atoms with Crippen LogP contribution in [0.25, 0.3) is 6.08 Å². The number of carbonyl (C=O) groups is 2. The van der Waals surface area contributed by atoms with Crippen LogP contribution < -0.4 is 10.6 Å². The van der Waals surface area contributed by atoms with E-state index in [1.54, 1.807) is 30.3 Å². The van der Waals surface area contributed by atoms with Gasteiger partial charge in [-0.2, -0.15) is 5.26 Å². The first-order valence-electron chi connectivity index (χ1n) is 9.90. The molecule has 2 N–H and O–H groups in total. The molecular weight excluding hydrogens is 364 g/mol. The lowest BCUT2D eigenvalue weighted by molar-refractivity contribution is -0.112. The molecule has 6 heteroatoms. The van der Waals surface area contributed by atoms with Gasteiger partial charge < -0.3 is 15.2 Å². The number of hydrogen-bond acceptors (Lipinski definition) is 3. The summed E-state index contributed by atoms with van der Waals surface area (Å²) in [5.41, 5.74) is 3.69. The maximum Gasteiger partial charge on any atom is 0.266 e. The van der Waals surface area contributed by atoms with E-state index in [-0.39, 0.29) is 11.5 Å². The zero-order valence-electron chi connectivity index (χ0n) is 17.5. The van der Waals surface area contributed by atoms with Crippen LogP contribution >= 0.6 is 0 Å². The molecule has 1 heterocycles. The number of nitrogens with zero attached hydrogens (tertiary/aromatic N) is 2. The molecule has 0 atom stereocenters. The van der Waals surface area contributed by atoms with Gasteiger partial charge >= 0.3 is 0 Å². The maximum atomic E-state index is 12.7. The number of aryl methyl sites for hydroxylation is 1. The van der Waals surface area contributed by atoms with Gasteiger partial charge in [-0.3, -0.25) is 9.59 Å². The Hall–Kier alpha value is -3.33. The molecule has 2 amide bonds. The van der Waals surface area contributed by atoms with Crippen molar-refractivity contribution in [3.63, 3.8) is 0 Å². The first-order chi connectivity index (χ1) is 13.9. The number of anilines is 1. The molecule has 6 nitrogen and oxygen atoms in total. The minimum Gasteiger partial charge on any atom is -0.352 e. The fraction of sp³-hybridized carbons (Fsp3) is 0.348. The summed E-state index contributed by atoms with van der Waals surface area (Å²) in [6.45, 7) is 9.51. The highest BCUT2D eigenvalue weighted by molar-refractivity contribution is 6.12. The van der Waals surface area contributed by atoms with E-state index in [0.29, 0.717) is 17.8 Å². The predicted octanol–water partition coefficient (Wildman–Crippen LogP) is 4.20. The SMILES string of the molecule is CCCNC(=O)c1ccccc1NC(=O)/C(C#N)=C/c1cc(C)n(CCC)c1C. The van der Waals surface area contributed by atoms with Crippen LogP contribution in [-0.4, -0.2) is 22.9 Å². The van der Waals surface area contributed by atoms with E-state index >= 15 is 0 Å². The lowest BCUT2D eigenvalue weighted by Gasteiger charge is -2.11. The monoisotopic (exact) mass is 392 g/mol. The predicted molar refractivity (Wildman–Crippen MR) is 115 cm³/mol. The van der Waals surface area contributed by atoms with Crippen LogP contribution in [0.1, 0.15) is 54.0 Å². The third-order valence-corrected chi connectivity index (χ3v) is 4.68. The molecule has 0 aliphatic rings. The average molecular weight is 393 g/mol. The number of rotatable bonds is 8. The van der Waals surface area contributed by atoms with Crippen LogP contribution in [0, 0.1) is 25.2 Å². The van der Waals surface area contributed by atoms with Crippen LogP contribution in [0.15, 0.2) is 35.9 Å².